The number of nitro benzene ring substituents is 1. The van der Waals surface area contributed by atoms with Crippen LogP contribution in [0.25, 0.3) is 0 Å². The smallest absolute Gasteiger partial charge is 0.271 e. The molecule has 8 heteroatoms. The number of aliphatic hydroxyl groups is 1. The number of likely N-dealkylation sites (tertiary alicyclic amines) is 1. The highest BCUT2D eigenvalue weighted by Crippen LogP contribution is 2.27. The number of nitro groups is 1. The number of amides is 1. The van der Waals surface area contributed by atoms with Crippen LogP contribution in [0, 0.1) is 10.1 Å². The van der Waals surface area contributed by atoms with E-state index in [0.717, 1.165) is 19.4 Å². The van der Waals surface area contributed by atoms with Gasteiger partial charge in [-0.05, 0) is 32.4 Å². The van der Waals surface area contributed by atoms with Crippen LogP contribution in [0.4, 0.5) is 11.4 Å². The van der Waals surface area contributed by atoms with Crippen molar-refractivity contribution >= 4 is 28.9 Å². The topological polar surface area (TPSA) is 95.7 Å². The molecule has 120 valence electrons. The van der Waals surface area contributed by atoms with Crippen LogP contribution in [0.1, 0.15) is 19.8 Å². The van der Waals surface area contributed by atoms with E-state index < -0.39 is 17.1 Å². The number of hydrogen-bond donors (Lipinski definition) is 2. The second-order valence-electron chi connectivity index (χ2n) is 5.38. The second kappa shape index (κ2) is 7.04. The number of halogens is 1. The number of hydrogen-bond acceptors (Lipinski definition) is 5. The van der Waals surface area contributed by atoms with Crippen LogP contribution in [0.5, 0.6) is 0 Å². The Kier molecular flexibility index (Phi) is 5.33. The maximum absolute atomic E-state index is 12.3. The molecule has 1 fully saturated rings. The first-order valence-electron chi connectivity index (χ1n) is 7.05. The van der Waals surface area contributed by atoms with Gasteiger partial charge in [0.15, 0.2) is 0 Å². The predicted octanol–water partition coefficient (Wildman–Crippen LogP) is 2.03. The molecule has 2 unspecified atom stereocenters. The minimum absolute atomic E-state index is 0.138. The lowest BCUT2D eigenvalue weighted by atomic mass is 10.1. The largest absolute Gasteiger partial charge is 0.392 e. The molecule has 0 saturated carbocycles. The van der Waals surface area contributed by atoms with E-state index in [-0.39, 0.29) is 22.3 Å². The number of rotatable bonds is 4. The number of benzene rings is 1. The van der Waals surface area contributed by atoms with E-state index in [2.05, 4.69) is 5.32 Å². The van der Waals surface area contributed by atoms with Crippen LogP contribution < -0.4 is 5.32 Å². The lowest BCUT2D eigenvalue weighted by molar-refractivity contribution is -0.384. The summed E-state index contributed by atoms with van der Waals surface area (Å²) in [6.07, 6.45) is 1.14. The molecule has 1 amide bonds. The molecule has 1 aliphatic rings. The highest BCUT2D eigenvalue weighted by atomic mass is 35.5. The molecule has 0 radical (unpaired) electrons. The van der Waals surface area contributed by atoms with Crippen molar-refractivity contribution in [2.75, 3.05) is 18.4 Å². The normalized spacial score (nSPS) is 20.4. The molecule has 1 aromatic carbocycles. The van der Waals surface area contributed by atoms with Crippen molar-refractivity contribution in [3.8, 4) is 0 Å². The summed E-state index contributed by atoms with van der Waals surface area (Å²) in [7, 11) is 0. The monoisotopic (exact) mass is 327 g/mol. The van der Waals surface area contributed by atoms with Crippen molar-refractivity contribution in [3.63, 3.8) is 0 Å². The van der Waals surface area contributed by atoms with Gasteiger partial charge in [-0.1, -0.05) is 11.6 Å². The summed E-state index contributed by atoms with van der Waals surface area (Å²) in [5.41, 5.74) is 0.0750. The summed E-state index contributed by atoms with van der Waals surface area (Å²) < 4.78 is 0. The van der Waals surface area contributed by atoms with Crippen molar-refractivity contribution in [1.29, 1.82) is 0 Å². The Morgan fingerprint density at radius 3 is 2.95 bits per heavy atom. The van der Waals surface area contributed by atoms with Crippen LogP contribution in [0.15, 0.2) is 18.2 Å². The van der Waals surface area contributed by atoms with Crippen molar-refractivity contribution in [2.24, 2.45) is 0 Å². The van der Waals surface area contributed by atoms with Crippen molar-refractivity contribution in [2.45, 2.75) is 31.9 Å². The fraction of sp³-hybridized carbons (Fsp3) is 0.500. The van der Waals surface area contributed by atoms with E-state index in [1.807, 2.05) is 4.90 Å². The second-order valence-corrected chi connectivity index (χ2v) is 5.78. The molecule has 2 rings (SSSR count). The number of β-amino-alcohol motifs (C(OH)–C–C–N with tert-alkyl or cyclic N) is 1. The quantitative estimate of drug-likeness (QED) is 0.651. The van der Waals surface area contributed by atoms with Crippen LogP contribution in [0.3, 0.4) is 0 Å². The average molecular weight is 328 g/mol. The molecule has 1 saturated heterocycles. The number of non-ortho nitro benzene ring substituents is 1. The Morgan fingerprint density at radius 1 is 1.59 bits per heavy atom. The van der Waals surface area contributed by atoms with Crippen LogP contribution in [0.2, 0.25) is 5.02 Å². The number of nitrogens with one attached hydrogen (secondary N) is 1. The van der Waals surface area contributed by atoms with E-state index in [0.29, 0.717) is 6.54 Å². The van der Waals surface area contributed by atoms with Gasteiger partial charge in [-0.3, -0.25) is 19.8 Å². The standard InChI is InChI=1S/C14H18ClN3O4/c1-9(17-6-2-3-11(19)8-17)14(20)16-13-7-10(18(21)22)4-5-12(13)15/h4-5,7,9,11,19H,2-3,6,8H2,1H3,(H,16,20). The molecule has 22 heavy (non-hydrogen) atoms. The van der Waals surface area contributed by atoms with E-state index in [4.69, 9.17) is 11.6 Å². The molecule has 0 bridgehead atoms. The van der Waals surface area contributed by atoms with Crippen LogP contribution in [-0.4, -0.2) is 46.1 Å². The summed E-state index contributed by atoms with van der Waals surface area (Å²) in [6.45, 7) is 2.91. The molecule has 1 heterocycles. The molecule has 1 aliphatic heterocycles. The van der Waals surface area contributed by atoms with Gasteiger partial charge in [-0.25, -0.2) is 0 Å². The Hall–Kier alpha value is -1.70. The Bertz CT molecular complexity index is 581. The molecule has 7 nitrogen and oxygen atoms in total. The number of piperidine rings is 1. The van der Waals surface area contributed by atoms with Gasteiger partial charge in [-0.2, -0.15) is 0 Å². The number of aliphatic hydroxyl groups excluding tert-OH is 1. The fourth-order valence-electron chi connectivity index (χ4n) is 2.46. The van der Waals surface area contributed by atoms with E-state index in [1.54, 1.807) is 6.92 Å². The van der Waals surface area contributed by atoms with Gasteiger partial charge in [0.2, 0.25) is 5.91 Å². The molecule has 0 spiro atoms. The van der Waals surface area contributed by atoms with Gasteiger partial charge in [0.1, 0.15) is 0 Å². The van der Waals surface area contributed by atoms with Gasteiger partial charge >= 0.3 is 0 Å². The summed E-state index contributed by atoms with van der Waals surface area (Å²) in [4.78, 5) is 24.4. The Balaban J connectivity index is 2.07. The van der Waals surface area contributed by atoms with Gasteiger partial charge in [-0.15, -0.1) is 0 Å². The van der Waals surface area contributed by atoms with Crippen LogP contribution in [-0.2, 0) is 4.79 Å². The van der Waals surface area contributed by atoms with E-state index >= 15 is 0 Å². The highest BCUT2D eigenvalue weighted by molar-refractivity contribution is 6.33. The predicted molar refractivity (Wildman–Crippen MR) is 83.0 cm³/mol. The zero-order chi connectivity index (χ0) is 16.3. The number of anilines is 1. The van der Waals surface area contributed by atoms with Gasteiger partial charge in [0, 0.05) is 18.7 Å². The Labute approximate surface area is 133 Å². The first kappa shape index (κ1) is 16.7. The fourth-order valence-corrected chi connectivity index (χ4v) is 2.63. The molecule has 0 aromatic heterocycles. The molecular formula is C14H18ClN3O4. The average Bonchev–Trinajstić information content (AvgIpc) is 2.48. The van der Waals surface area contributed by atoms with Crippen molar-refractivity contribution in [1.82, 2.24) is 4.90 Å². The zero-order valence-electron chi connectivity index (χ0n) is 12.2. The molecule has 1 aromatic rings. The lowest BCUT2D eigenvalue weighted by Gasteiger charge is -2.34. The van der Waals surface area contributed by atoms with Crippen molar-refractivity contribution < 1.29 is 14.8 Å². The minimum Gasteiger partial charge on any atom is -0.392 e. The van der Waals surface area contributed by atoms with Crippen molar-refractivity contribution in [3.05, 3.63) is 33.3 Å². The third-order valence-corrected chi connectivity index (χ3v) is 4.10. The summed E-state index contributed by atoms with van der Waals surface area (Å²) >= 11 is 5.97. The summed E-state index contributed by atoms with van der Waals surface area (Å²) in [6, 6.07) is 3.44. The first-order valence-corrected chi connectivity index (χ1v) is 7.43. The summed E-state index contributed by atoms with van der Waals surface area (Å²) in [5.74, 6) is -0.309. The third-order valence-electron chi connectivity index (χ3n) is 3.77. The zero-order valence-corrected chi connectivity index (χ0v) is 12.9. The first-order chi connectivity index (χ1) is 10.4. The SMILES string of the molecule is CC(C(=O)Nc1cc([N+](=O)[O-])ccc1Cl)N1CCCC(O)C1. The molecular weight excluding hydrogens is 310 g/mol. The maximum atomic E-state index is 12.3. The molecule has 2 atom stereocenters. The molecule has 0 aliphatic carbocycles. The number of carbonyl (C=O) groups excluding carboxylic acids is 1. The number of carbonyl (C=O) groups is 1. The molecule has 2 N–H and O–H groups in total. The van der Waals surface area contributed by atoms with Gasteiger partial charge < -0.3 is 10.4 Å². The maximum Gasteiger partial charge on any atom is 0.271 e. The third kappa shape index (κ3) is 3.94. The van der Waals surface area contributed by atoms with E-state index in [1.165, 1.54) is 18.2 Å². The van der Waals surface area contributed by atoms with E-state index in [9.17, 15) is 20.0 Å². The lowest BCUT2D eigenvalue weighted by Crippen LogP contribution is -2.48. The summed E-state index contributed by atoms with van der Waals surface area (Å²) in [5, 5.41) is 23.3. The van der Waals surface area contributed by atoms with Crippen LogP contribution >= 0.6 is 11.6 Å². The Morgan fingerprint density at radius 2 is 2.32 bits per heavy atom. The minimum atomic E-state index is -0.545. The van der Waals surface area contributed by atoms with Gasteiger partial charge in [0.25, 0.3) is 5.69 Å². The van der Waals surface area contributed by atoms with Gasteiger partial charge in [0.05, 0.1) is 27.8 Å². The number of nitrogens with zero attached hydrogens (tertiary/aromatic N) is 2. The highest BCUT2D eigenvalue weighted by Gasteiger charge is 2.27.